The monoisotopic (exact) mass is 474 g/mol. The minimum atomic E-state index is 0.0331. The van der Waals surface area contributed by atoms with Crippen LogP contribution in [0.4, 0.5) is 5.69 Å². The molecule has 1 saturated carbocycles. The normalized spacial score (nSPS) is 19.7. The zero-order chi connectivity index (χ0) is 22.6. The molecule has 1 aliphatic carbocycles. The van der Waals surface area contributed by atoms with E-state index in [1.807, 2.05) is 53.4 Å². The number of amides is 1. The minimum absolute atomic E-state index is 0.0331. The minimum Gasteiger partial charge on any atom is -0.450 e. The summed E-state index contributed by atoms with van der Waals surface area (Å²) in [5.41, 5.74) is 2.10. The lowest BCUT2D eigenvalue weighted by molar-refractivity contribution is -0.124. The average Bonchev–Trinajstić information content (AvgIpc) is 3.40. The number of carbonyl (C=O) groups excluding carboxylic acids is 1. The molecular formula is C27H26N2O2S2. The van der Waals surface area contributed by atoms with Gasteiger partial charge in [0.25, 0.3) is 5.91 Å². The van der Waals surface area contributed by atoms with Gasteiger partial charge in [-0.1, -0.05) is 66.9 Å². The van der Waals surface area contributed by atoms with Crippen LogP contribution >= 0.6 is 23.5 Å². The number of para-hydroxylation sites is 1. The van der Waals surface area contributed by atoms with Crippen LogP contribution in [0.5, 0.6) is 0 Å². The van der Waals surface area contributed by atoms with Crippen molar-refractivity contribution >= 4 is 46.4 Å². The van der Waals surface area contributed by atoms with Gasteiger partial charge in [-0.05, 0) is 67.9 Å². The van der Waals surface area contributed by atoms with E-state index in [4.69, 9.17) is 9.41 Å². The number of nitrogens with zero attached hydrogens (tertiary/aromatic N) is 2. The number of thioether (sulfide) groups is 1. The molecule has 0 spiro atoms. The molecule has 2 fully saturated rings. The van der Waals surface area contributed by atoms with Gasteiger partial charge in [0.2, 0.25) is 0 Å². The largest absolute Gasteiger partial charge is 0.450 e. The molecule has 0 radical (unpaired) electrons. The molecule has 1 amide bonds. The quantitative estimate of drug-likeness (QED) is 0.356. The van der Waals surface area contributed by atoms with Crippen LogP contribution in [0.1, 0.15) is 43.4 Å². The number of aliphatic imine (C=N–C) groups is 1. The molecule has 3 aromatic rings. The third-order valence-corrected chi connectivity index (χ3v) is 7.78. The number of carbonyl (C=O) groups is 1. The fourth-order valence-corrected chi connectivity index (χ4v) is 5.97. The van der Waals surface area contributed by atoms with E-state index in [1.54, 1.807) is 11.8 Å². The highest BCUT2D eigenvalue weighted by Gasteiger charge is 2.38. The second-order valence-corrected chi connectivity index (χ2v) is 10.5. The third-order valence-electron chi connectivity index (χ3n) is 5.87. The average molecular weight is 475 g/mol. The summed E-state index contributed by atoms with van der Waals surface area (Å²) < 4.78 is 6.02. The van der Waals surface area contributed by atoms with Gasteiger partial charge in [-0.25, -0.2) is 4.99 Å². The van der Waals surface area contributed by atoms with Crippen molar-refractivity contribution in [2.75, 3.05) is 0 Å². The van der Waals surface area contributed by atoms with Gasteiger partial charge in [-0.3, -0.25) is 9.69 Å². The number of aryl methyl sites for hydroxylation is 1. The summed E-state index contributed by atoms with van der Waals surface area (Å²) in [4.78, 5) is 22.0. The first kappa shape index (κ1) is 22.1. The van der Waals surface area contributed by atoms with E-state index >= 15 is 0 Å². The molecule has 1 saturated heterocycles. The predicted octanol–water partition coefficient (Wildman–Crippen LogP) is 7.68. The van der Waals surface area contributed by atoms with Crippen molar-refractivity contribution in [2.24, 2.45) is 4.99 Å². The molecule has 2 heterocycles. The summed E-state index contributed by atoms with van der Waals surface area (Å²) in [5, 5.41) is 1.58. The van der Waals surface area contributed by atoms with Crippen molar-refractivity contribution in [2.45, 2.75) is 55.1 Å². The fourth-order valence-electron chi connectivity index (χ4n) is 4.16. The topological polar surface area (TPSA) is 45.8 Å². The Morgan fingerprint density at radius 2 is 1.76 bits per heavy atom. The lowest BCUT2D eigenvalue weighted by Crippen LogP contribution is -2.40. The summed E-state index contributed by atoms with van der Waals surface area (Å²) >= 11 is 3.03. The molecule has 4 nitrogen and oxygen atoms in total. The van der Waals surface area contributed by atoms with E-state index in [0.29, 0.717) is 10.7 Å². The summed E-state index contributed by atoms with van der Waals surface area (Å²) in [6, 6.07) is 22.3. The van der Waals surface area contributed by atoms with Crippen LogP contribution in [0.3, 0.4) is 0 Å². The Morgan fingerprint density at radius 3 is 2.52 bits per heavy atom. The van der Waals surface area contributed by atoms with E-state index in [2.05, 4.69) is 31.2 Å². The third kappa shape index (κ3) is 5.28. The number of rotatable bonds is 5. The summed E-state index contributed by atoms with van der Waals surface area (Å²) in [6.45, 7) is 2.08. The van der Waals surface area contributed by atoms with Gasteiger partial charge in [0, 0.05) is 17.0 Å². The van der Waals surface area contributed by atoms with Crippen molar-refractivity contribution in [3.63, 3.8) is 0 Å². The first-order valence-corrected chi connectivity index (χ1v) is 13.0. The van der Waals surface area contributed by atoms with Gasteiger partial charge in [0.15, 0.2) is 10.3 Å². The fraction of sp³-hybridized carbons (Fsp3) is 0.259. The van der Waals surface area contributed by atoms with Crippen molar-refractivity contribution in [3.8, 4) is 0 Å². The Hall–Kier alpha value is -2.70. The maximum atomic E-state index is 13.4. The van der Waals surface area contributed by atoms with Gasteiger partial charge < -0.3 is 4.42 Å². The smallest absolute Gasteiger partial charge is 0.267 e. The number of hydrogen-bond acceptors (Lipinski definition) is 5. The molecule has 1 aromatic heterocycles. The Labute approximate surface area is 203 Å². The van der Waals surface area contributed by atoms with Gasteiger partial charge in [-0.2, -0.15) is 0 Å². The standard InChI is InChI=1S/C27H26N2O2S2/c1-19-12-15-23(16-13-19)32-25-17-14-22(31-25)18-24-26(30)29(21-10-6-3-7-11-21)27(33-24)28-20-8-4-2-5-9-20/h2,4-5,8-9,12-18,21H,3,6-7,10-11H2,1H3/b24-18-,28-27?. The second-order valence-electron chi connectivity index (χ2n) is 8.38. The molecule has 2 aromatic carbocycles. The van der Waals surface area contributed by atoms with Gasteiger partial charge in [0.05, 0.1) is 10.6 Å². The number of amidine groups is 1. The van der Waals surface area contributed by atoms with Gasteiger partial charge in [0.1, 0.15) is 5.76 Å². The molecule has 0 N–H and O–H groups in total. The van der Waals surface area contributed by atoms with Gasteiger partial charge in [-0.15, -0.1) is 0 Å². The van der Waals surface area contributed by atoms with Crippen molar-refractivity contribution in [3.05, 3.63) is 83.0 Å². The summed E-state index contributed by atoms with van der Waals surface area (Å²) in [7, 11) is 0. The SMILES string of the molecule is Cc1ccc(Sc2ccc(/C=C3\SC(=Nc4ccccc4)N(C4CCCCC4)C3=O)o2)cc1. The van der Waals surface area contributed by atoms with Crippen LogP contribution in [0.2, 0.25) is 0 Å². The van der Waals surface area contributed by atoms with E-state index in [1.165, 1.54) is 23.7 Å². The molecular weight excluding hydrogens is 448 g/mol. The highest BCUT2D eigenvalue weighted by atomic mass is 32.2. The molecule has 168 valence electrons. The van der Waals surface area contributed by atoms with Crippen LogP contribution in [0.15, 0.2) is 91.0 Å². The Balaban J connectivity index is 1.39. The van der Waals surface area contributed by atoms with Crippen molar-refractivity contribution in [1.82, 2.24) is 4.90 Å². The van der Waals surface area contributed by atoms with Crippen LogP contribution in [-0.2, 0) is 4.79 Å². The zero-order valence-electron chi connectivity index (χ0n) is 18.6. The number of furan rings is 1. The summed E-state index contributed by atoms with van der Waals surface area (Å²) in [5.74, 6) is 0.718. The van der Waals surface area contributed by atoms with E-state index < -0.39 is 0 Å². The Morgan fingerprint density at radius 1 is 1.00 bits per heavy atom. The molecule has 33 heavy (non-hydrogen) atoms. The maximum absolute atomic E-state index is 13.4. The van der Waals surface area contributed by atoms with Crippen molar-refractivity contribution in [1.29, 1.82) is 0 Å². The zero-order valence-corrected chi connectivity index (χ0v) is 20.2. The molecule has 0 atom stereocenters. The highest BCUT2D eigenvalue weighted by Crippen LogP contribution is 2.39. The Kier molecular flexibility index (Phi) is 6.74. The molecule has 0 bridgehead atoms. The van der Waals surface area contributed by atoms with Crippen LogP contribution in [0.25, 0.3) is 6.08 Å². The predicted molar refractivity (Wildman–Crippen MR) is 137 cm³/mol. The first-order valence-electron chi connectivity index (χ1n) is 11.4. The van der Waals surface area contributed by atoms with E-state index in [9.17, 15) is 4.79 Å². The molecule has 5 rings (SSSR count). The number of benzene rings is 2. The first-order chi connectivity index (χ1) is 16.2. The van der Waals surface area contributed by atoms with Crippen molar-refractivity contribution < 1.29 is 9.21 Å². The molecule has 1 aliphatic heterocycles. The van der Waals surface area contributed by atoms with Crippen LogP contribution in [0, 0.1) is 6.92 Å². The summed E-state index contributed by atoms with van der Waals surface area (Å²) in [6.07, 6.45) is 7.49. The lowest BCUT2D eigenvalue weighted by atomic mass is 9.94. The maximum Gasteiger partial charge on any atom is 0.267 e. The van der Waals surface area contributed by atoms with Crippen LogP contribution in [-0.4, -0.2) is 22.0 Å². The van der Waals surface area contributed by atoms with Crippen LogP contribution < -0.4 is 0 Å². The Bertz CT molecular complexity index is 1180. The molecule has 2 aliphatic rings. The molecule has 6 heteroatoms. The van der Waals surface area contributed by atoms with E-state index in [0.717, 1.165) is 46.5 Å². The van der Waals surface area contributed by atoms with Gasteiger partial charge >= 0.3 is 0 Å². The highest BCUT2D eigenvalue weighted by molar-refractivity contribution is 8.18. The second kappa shape index (κ2) is 10.1. The lowest BCUT2D eigenvalue weighted by Gasteiger charge is -2.30. The number of hydrogen-bond donors (Lipinski definition) is 0. The molecule has 0 unspecified atom stereocenters. The van der Waals surface area contributed by atoms with E-state index in [-0.39, 0.29) is 11.9 Å².